The fourth-order valence-electron chi connectivity index (χ4n) is 2.53. The lowest BCUT2D eigenvalue weighted by atomic mass is 9.98. The Hall–Kier alpha value is -1.36. The Bertz CT molecular complexity index is 749. The summed E-state index contributed by atoms with van der Waals surface area (Å²) in [7, 11) is 0. The highest BCUT2D eigenvalue weighted by Gasteiger charge is 2.25. The summed E-state index contributed by atoms with van der Waals surface area (Å²) < 4.78 is 5.80. The Labute approximate surface area is 148 Å². The SMILES string of the molecule is O=C(O)CC1CSc2cc(OCc3ccc(Cl)cc3Cl)ccc21. The van der Waals surface area contributed by atoms with Gasteiger partial charge in [0.2, 0.25) is 0 Å². The predicted molar refractivity (Wildman–Crippen MR) is 93.0 cm³/mol. The first-order chi connectivity index (χ1) is 11.0. The van der Waals surface area contributed by atoms with Crippen molar-refractivity contribution in [1.29, 1.82) is 0 Å². The van der Waals surface area contributed by atoms with Crippen molar-refractivity contribution in [3.05, 3.63) is 57.6 Å². The molecular weight excluding hydrogens is 355 g/mol. The molecule has 6 heteroatoms. The number of carboxylic acid groups (broad SMARTS) is 1. The van der Waals surface area contributed by atoms with Crippen LogP contribution in [0, 0.1) is 0 Å². The first-order valence-electron chi connectivity index (χ1n) is 7.08. The van der Waals surface area contributed by atoms with Gasteiger partial charge in [-0.3, -0.25) is 4.79 Å². The summed E-state index contributed by atoms with van der Waals surface area (Å²) in [6.07, 6.45) is 0.167. The van der Waals surface area contributed by atoms with Gasteiger partial charge in [0.25, 0.3) is 0 Å². The van der Waals surface area contributed by atoms with Gasteiger partial charge in [-0.2, -0.15) is 0 Å². The van der Waals surface area contributed by atoms with Crippen molar-refractivity contribution in [2.24, 2.45) is 0 Å². The number of aliphatic carboxylic acids is 1. The van der Waals surface area contributed by atoms with Crippen LogP contribution in [0.15, 0.2) is 41.3 Å². The molecule has 23 heavy (non-hydrogen) atoms. The minimum atomic E-state index is -0.763. The largest absolute Gasteiger partial charge is 0.489 e. The molecule has 0 aromatic heterocycles. The highest BCUT2D eigenvalue weighted by atomic mass is 35.5. The molecule has 0 amide bonds. The third-order valence-corrected chi connectivity index (χ3v) is 5.52. The number of rotatable bonds is 5. The second kappa shape index (κ2) is 7.04. The summed E-state index contributed by atoms with van der Waals surface area (Å²) in [6.45, 7) is 0.359. The Morgan fingerprint density at radius 2 is 2.09 bits per heavy atom. The first kappa shape index (κ1) is 16.5. The standard InChI is InChI=1S/C17H14Cl2O3S/c18-12-2-1-10(15(19)6-12)8-22-13-3-4-14-11(5-17(20)21)9-23-16(14)7-13/h1-4,6-7,11H,5,8-9H2,(H,20,21). The number of carbonyl (C=O) groups is 1. The van der Waals surface area contributed by atoms with Gasteiger partial charge in [-0.25, -0.2) is 0 Å². The zero-order chi connectivity index (χ0) is 16.4. The Kier molecular flexibility index (Phi) is 5.05. The van der Waals surface area contributed by atoms with Gasteiger partial charge in [0.1, 0.15) is 12.4 Å². The molecule has 0 saturated heterocycles. The lowest BCUT2D eigenvalue weighted by Crippen LogP contribution is -2.05. The molecule has 1 unspecified atom stereocenters. The molecule has 0 saturated carbocycles. The predicted octanol–water partition coefficient (Wildman–Crippen LogP) is 5.24. The van der Waals surface area contributed by atoms with E-state index in [1.807, 2.05) is 24.3 Å². The molecule has 0 fully saturated rings. The van der Waals surface area contributed by atoms with Crippen LogP contribution in [0.25, 0.3) is 0 Å². The van der Waals surface area contributed by atoms with E-state index in [1.165, 1.54) is 0 Å². The van der Waals surface area contributed by atoms with Crippen molar-refractivity contribution in [3.8, 4) is 5.75 Å². The smallest absolute Gasteiger partial charge is 0.303 e. The molecule has 1 heterocycles. The Morgan fingerprint density at radius 3 is 2.83 bits per heavy atom. The van der Waals surface area contributed by atoms with Crippen LogP contribution < -0.4 is 4.74 Å². The molecule has 0 radical (unpaired) electrons. The van der Waals surface area contributed by atoms with E-state index in [0.717, 1.165) is 27.5 Å². The first-order valence-corrected chi connectivity index (χ1v) is 8.82. The maximum absolute atomic E-state index is 10.9. The lowest BCUT2D eigenvalue weighted by Gasteiger charge is -2.11. The van der Waals surface area contributed by atoms with Crippen LogP contribution in [-0.4, -0.2) is 16.8 Å². The minimum absolute atomic E-state index is 0.0762. The van der Waals surface area contributed by atoms with E-state index < -0.39 is 5.97 Å². The van der Waals surface area contributed by atoms with Crippen LogP contribution in [0.1, 0.15) is 23.5 Å². The van der Waals surface area contributed by atoms with E-state index in [2.05, 4.69) is 0 Å². The van der Waals surface area contributed by atoms with Crippen molar-refractivity contribution in [1.82, 2.24) is 0 Å². The van der Waals surface area contributed by atoms with E-state index in [4.69, 9.17) is 33.0 Å². The van der Waals surface area contributed by atoms with E-state index >= 15 is 0 Å². The highest BCUT2D eigenvalue weighted by Crippen LogP contribution is 2.43. The number of thioether (sulfide) groups is 1. The van der Waals surface area contributed by atoms with E-state index in [9.17, 15) is 4.79 Å². The molecule has 0 bridgehead atoms. The minimum Gasteiger partial charge on any atom is -0.489 e. The molecule has 2 aromatic rings. The molecule has 3 nitrogen and oxygen atoms in total. The summed E-state index contributed by atoms with van der Waals surface area (Å²) >= 11 is 13.7. The summed E-state index contributed by atoms with van der Waals surface area (Å²) in [5, 5.41) is 10.1. The Morgan fingerprint density at radius 1 is 1.26 bits per heavy atom. The van der Waals surface area contributed by atoms with Gasteiger partial charge in [-0.05, 0) is 29.8 Å². The molecule has 2 aromatic carbocycles. The number of ether oxygens (including phenoxy) is 1. The molecule has 1 aliphatic heterocycles. The summed E-state index contributed by atoms with van der Waals surface area (Å²) in [4.78, 5) is 12.0. The van der Waals surface area contributed by atoms with Gasteiger partial charge < -0.3 is 9.84 Å². The van der Waals surface area contributed by atoms with Crippen molar-refractivity contribution in [2.75, 3.05) is 5.75 Å². The van der Waals surface area contributed by atoms with Crippen molar-refractivity contribution in [2.45, 2.75) is 23.8 Å². The Balaban J connectivity index is 1.69. The molecule has 1 atom stereocenters. The van der Waals surface area contributed by atoms with Crippen molar-refractivity contribution in [3.63, 3.8) is 0 Å². The lowest BCUT2D eigenvalue weighted by molar-refractivity contribution is -0.137. The molecule has 3 rings (SSSR count). The van der Waals surface area contributed by atoms with E-state index in [0.29, 0.717) is 16.7 Å². The summed E-state index contributed by atoms with van der Waals surface area (Å²) in [6, 6.07) is 11.1. The number of hydrogen-bond donors (Lipinski definition) is 1. The average Bonchev–Trinajstić information content (AvgIpc) is 2.88. The fourth-order valence-corrected chi connectivity index (χ4v) is 4.27. The summed E-state index contributed by atoms with van der Waals surface area (Å²) in [5.41, 5.74) is 1.96. The van der Waals surface area contributed by atoms with Crippen LogP contribution in [0.3, 0.4) is 0 Å². The fraction of sp³-hybridized carbons (Fsp3) is 0.235. The van der Waals surface area contributed by atoms with Crippen LogP contribution in [-0.2, 0) is 11.4 Å². The third-order valence-electron chi connectivity index (χ3n) is 3.70. The molecule has 1 N–H and O–H groups in total. The van der Waals surface area contributed by atoms with E-state index in [-0.39, 0.29) is 12.3 Å². The molecule has 120 valence electrons. The maximum atomic E-state index is 10.9. The second-order valence-electron chi connectivity index (χ2n) is 5.33. The zero-order valence-electron chi connectivity index (χ0n) is 12.1. The quantitative estimate of drug-likeness (QED) is 0.783. The number of fused-ring (bicyclic) bond motifs is 1. The number of benzene rings is 2. The van der Waals surface area contributed by atoms with Gasteiger partial charge in [0.15, 0.2) is 0 Å². The van der Waals surface area contributed by atoms with Crippen LogP contribution in [0.5, 0.6) is 5.75 Å². The monoisotopic (exact) mass is 368 g/mol. The van der Waals surface area contributed by atoms with Crippen LogP contribution in [0.2, 0.25) is 10.0 Å². The highest BCUT2D eigenvalue weighted by molar-refractivity contribution is 7.99. The van der Waals surface area contributed by atoms with Crippen LogP contribution in [0.4, 0.5) is 0 Å². The van der Waals surface area contributed by atoms with Crippen molar-refractivity contribution >= 4 is 40.9 Å². The number of hydrogen-bond acceptors (Lipinski definition) is 3. The molecule has 0 aliphatic carbocycles. The summed E-state index contributed by atoms with van der Waals surface area (Å²) in [5.74, 6) is 0.861. The van der Waals surface area contributed by atoms with Gasteiger partial charge in [-0.1, -0.05) is 35.3 Å². The van der Waals surface area contributed by atoms with Crippen molar-refractivity contribution < 1.29 is 14.6 Å². The average molecular weight is 369 g/mol. The maximum Gasteiger partial charge on any atom is 0.303 e. The normalized spacial score (nSPS) is 16.2. The number of carboxylic acids is 1. The molecule has 1 aliphatic rings. The van der Waals surface area contributed by atoms with Crippen LogP contribution >= 0.6 is 35.0 Å². The van der Waals surface area contributed by atoms with Gasteiger partial charge in [0.05, 0.1) is 6.42 Å². The van der Waals surface area contributed by atoms with Gasteiger partial charge >= 0.3 is 5.97 Å². The third kappa shape index (κ3) is 3.94. The van der Waals surface area contributed by atoms with Gasteiger partial charge in [-0.15, -0.1) is 11.8 Å². The molecular formula is C17H14Cl2O3S. The molecule has 0 spiro atoms. The zero-order valence-corrected chi connectivity index (χ0v) is 14.4. The second-order valence-corrected chi connectivity index (χ2v) is 7.24. The van der Waals surface area contributed by atoms with E-state index in [1.54, 1.807) is 23.9 Å². The topological polar surface area (TPSA) is 46.5 Å². The van der Waals surface area contributed by atoms with Gasteiger partial charge in [0, 0.05) is 32.2 Å². The number of halogens is 2.